The molecule has 0 N–H and O–H groups in total. The Labute approximate surface area is 97.2 Å². The van der Waals surface area contributed by atoms with Crippen LogP contribution in [0.4, 0.5) is 0 Å². The second-order valence-corrected chi connectivity index (χ2v) is 5.13. The van der Waals surface area contributed by atoms with Crippen molar-refractivity contribution in [3.05, 3.63) is 36.0 Å². The van der Waals surface area contributed by atoms with E-state index in [4.69, 9.17) is 0 Å². The number of hydrogen-bond donors (Lipinski definition) is 1. The van der Waals surface area contributed by atoms with Crippen LogP contribution in [0, 0.1) is 6.92 Å². The first-order valence-electron chi connectivity index (χ1n) is 4.73. The van der Waals surface area contributed by atoms with E-state index in [2.05, 4.69) is 41.9 Å². The largest absolute Gasteiger partial charge is 0.242 e. The second-order valence-electron chi connectivity index (χ2n) is 3.59. The van der Waals surface area contributed by atoms with Gasteiger partial charge in [0, 0.05) is 26.1 Å². The fourth-order valence-electron chi connectivity index (χ4n) is 1.74. The molecule has 2 heterocycles. The average Bonchev–Trinajstić information content (AvgIpc) is 2.53. The molecule has 3 aromatic rings. The lowest BCUT2D eigenvalue weighted by Gasteiger charge is -1.93. The van der Waals surface area contributed by atoms with Crippen LogP contribution in [0.2, 0.25) is 0 Å². The molecule has 0 saturated heterocycles. The Balaban J connectivity index is 2.51. The zero-order valence-corrected chi connectivity index (χ0v) is 9.90. The summed E-state index contributed by atoms with van der Waals surface area (Å²) in [5, 5.41) is 2.52. The van der Waals surface area contributed by atoms with Crippen molar-refractivity contribution < 1.29 is 0 Å². The molecule has 0 fully saturated rings. The lowest BCUT2D eigenvalue weighted by atomic mass is 10.2. The molecule has 74 valence electrons. The molecule has 15 heavy (non-hydrogen) atoms. The summed E-state index contributed by atoms with van der Waals surface area (Å²) >= 11 is 6.08. The van der Waals surface area contributed by atoms with E-state index in [1.54, 1.807) is 11.3 Å². The van der Waals surface area contributed by atoms with Gasteiger partial charge in [0.05, 0.1) is 0 Å². The van der Waals surface area contributed by atoms with Gasteiger partial charge in [-0.2, -0.15) is 0 Å². The highest BCUT2D eigenvalue weighted by molar-refractivity contribution is 7.80. The van der Waals surface area contributed by atoms with E-state index in [0.717, 1.165) is 15.4 Å². The van der Waals surface area contributed by atoms with E-state index in [1.807, 2.05) is 13.0 Å². The molecule has 0 aliphatic rings. The molecule has 0 aliphatic carbocycles. The first-order chi connectivity index (χ1) is 7.24. The molecule has 3 heteroatoms. The zero-order valence-electron chi connectivity index (χ0n) is 8.19. The highest BCUT2D eigenvalue weighted by atomic mass is 32.1. The summed E-state index contributed by atoms with van der Waals surface area (Å²) in [6, 6.07) is 10.4. The average molecular weight is 231 g/mol. The molecule has 1 aromatic carbocycles. The molecule has 0 bridgehead atoms. The molecule has 2 aromatic heterocycles. The number of thiophene rings is 1. The van der Waals surface area contributed by atoms with E-state index < -0.39 is 0 Å². The first-order valence-corrected chi connectivity index (χ1v) is 5.99. The number of hydrogen-bond acceptors (Lipinski definition) is 3. The van der Waals surface area contributed by atoms with Crippen LogP contribution in [-0.2, 0) is 0 Å². The fourth-order valence-corrected chi connectivity index (χ4v) is 3.19. The van der Waals surface area contributed by atoms with Crippen LogP contribution >= 0.6 is 24.0 Å². The summed E-state index contributed by atoms with van der Waals surface area (Å²) in [4.78, 5) is 6.66. The number of rotatable bonds is 0. The number of nitrogens with zero attached hydrogens (tertiary/aromatic N) is 1. The Morgan fingerprint density at radius 1 is 1.13 bits per heavy atom. The molecular weight excluding hydrogens is 222 g/mol. The van der Waals surface area contributed by atoms with E-state index in [0.29, 0.717) is 0 Å². The highest BCUT2D eigenvalue weighted by Gasteiger charge is 2.05. The summed E-state index contributed by atoms with van der Waals surface area (Å²) in [6.45, 7) is 2.02. The highest BCUT2D eigenvalue weighted by Crippen LogP contribution is 2.33. The molecule has 0 saturated carbocycles. The normalized spacial score (nSPS) is 11.3. The van der Waals surface area contributed by atoms with Crippen molar-refractivity contribution in [2.45, 2.75) is 11.8 Å². The molecule has 0 aliphatic heterocycles. The minimum absolute atomic E-state index is 1.01. The monoisotopic (exact) mass is 231 g/mol. The number of fused-ring (bicyclic) bond motifs is 3. The van der Waals surface area contributed by atoms with Gasteiger partial charge in [0.1, 0.15) is 4.83 Å². The quantitative estimate of drug-likeness (QED) is 0.576. The Morgan fingerprint density at radius 2 is 1.93 bits per heavy atom. The van der Waals surface area contributed by atoms with Crippen molar-refractivity contribution in [1.82, 2.24) is 4.98 Å². The van der Waals surface area contributed by atoms with E-state index >= 15 is 0 Å². The van der Waals surface area contributed by atoms with Gasteiger partial charge < -0.3 is 0 Å². The third-order valence-electron chi connectivity index (χ3n) is 2.46. The minimum Gasteiger partial charge on any atom is -0.242 e. The third-order valence-corrected chi connectivity index (χ3v) is 3.80. The SMILES string of the molecule is Cc1ccc2c(n1)sc1cc(S)ccc12. The Morgan fingerprint density at radius 3 is 2.80 bits per heavy atom. The summed E-state index contributed by atoms with van der Waals surface area (Å²) in [5.41, 5.74) is 1.07. The predicted octanol–water partition coefficient (Wildman–Crippen LogP) is 4.05. The van der Waals surface area contributed by atoms with Gasteiger partial charge in [-0.25, -0.2) is 4.98 Å². The lowest BCUT2D eigenvalue weighted by molar-refractivity contribution is 1.27. The Bertz CT molecular complexity index is 599. The van der Waals surface area contributed by atoms with Crippen LogP contribution < -0.4 is 0 Å². The van der Waals surface area contributed by atoms with E-state index in [9.17, 15) is 0 Å². The van der Waals surface area contributed by atoms with Gasteiger partial charge in [-0.1, -0.05) is 6.07 Å². The van der Waals surface area contributed by atoms with Gasteiger partial charge in [0.25, 0.3) is 0 Å². The van der Waals surface area contributed by atoms with Crippen molar-refractivity contribution in [2.24, 2.45) is 0 Å². The maximum absolute atomic E-state index is 4.54. The van der Waals surface area contributed by atoms with Gasteiger partial charge in [-0.15, -0.1) is 24.0 Å². The second kappa shape index (κ2) is 3.22. The molecule has 0 amide bonds. The number of thiol groups is 1. The molecule has 3 rings (SSSR count). The van der Waals surface area contributed by atoms with Crippen LogP contribution in [0.15, 0.2) is 35.2 Å². The molecule has 0 spiro atoms. The minimum atomic E-state index is 1.01. The van der Waals surface area contributed by atoms with E-state index in [1.165, 1.54) is 15.5 Å². The van der Waals surface area contributed by atoms with Crippen molar-refractivity contribution in [3.63, 3.8) is 0 Å². The number of aryl methyl sites for hydroxylation is 1. The third kappa shape index (κ3) is 1.43. The van der Waals surface area contributed by atoms with Gasteiger partial charge in [0.2, 0.25) is 0 Å². The predicted molar refractivity (Wildman–Crippen MR) is 69.1 cm³/mol. The molecule has 0 atom stereocenters. The topological polar surface area (TPSA) is 12.9 Å². The Kier molecular flexibility index (Phi) is 1.97. The number of benzene rings is 1. The van der Waals surface area contributed by atoms with Crippen molar-refractivity contribution in [2.75, 3.05) is 0 Å². The number of pyridine rings is 1. The summed E-state index contributed by atoms with van der Waals surface area (Å²) < 4.78 is 1.26. The number of aromatic nitrogens is 1. The van der Waals surface area contributed by atoms with Crippen LogP contribution in [-0.4, -0.2) is 4.98 Å². The standard InChI is InChI=1S/C12H9NS2/c1-7-2-4-10-9-5-3-8(14)6-11(9)15-12(10)13-7/h2-6,14H,1H3. The van der Waals surface area contributed by atoms with Gasteiger partial charge in [-0.3, -0.25) is 0 Å². The van der Waals surface area contributed by atoms with Crippen LogP contribution in [0.5, 0.6) is 0 Å². The van der Waals surface area contributed by atoms with E-state index in [-0.39, 0.29) is 0 Å². The van der Waals surface area contributed by atoms with Gasteiger partial charge in [-0.05, 0) is 31.2 Å². The van der Waals surface area contributed by atoms with Gasteiger partial charge >= 0.3 is 0 Å². The van der Waals surface area contributed by atoms with Crippen molar-refractivity contribution in [1.29, 1.82) is 0 Å². The van der Waals surface area contributed by atoms with Crippen molar-refractivity contribution >= 4 is 44.3 Å². The Hall–Kier alpha value is -1.06. The van der Waals surface area contributed by atoms with Gasteiger partial charge in [0.15, 0.2) is 0 Å². The zero-order chi connectivity index (χ0) is 10.4. The summed E-state index contributed by atoms with van der Waals surface area (Å²) in [7, 11) is 0. The maximum Gasteiger partial charge on any atom is 0.124 e. The lowest BCUT2D eigenvalue weighted by Crippen LogP contribution is -1.76. The van der Waals surface area contributed by atoms with Crippen LogP contribution in [0.3, 0.4) is 0 Å². The maximum atomic E-state index is 4.54. The summed E-state index contributed by atoms with van der Waals surface area (Å²) in [6.07, 6.45) is 0. The first kappa shape index (κ1) is 9.19. The fraction of sp³-hybridized carbons (Fsp3) is 0.0833. The van der Waals surface area contributed by atoms with Crippen molar-refractivity contribution in [3.8, 4) is 0 Å². The molecule has 0 radical (unpaired) electrons. The molecule has 0 unspecified atom stereocenters. The smallest absolute Gasteiger partial charge is 0.124 e. The molecular formula is C12H9NS2. The van der Waals surface area contributed by atoms with Crippen LogP contribution in [0.1, 0.15) is 5.69 Å². The molecule has 1 nitrogen and oxygen atoms in total. The van der Waals surface area contributed by atoms with Crippen LogP contribution in [0.25, 0.3) is 20.3 Å². The summed E-state index contributed by atoms with van der Waals surface area (Å²) in [5.74, 6) is 0.